The Labute approximate surface area is 121 Å². The van der Waals surface area contributed by atoms with Crippen LogP contribution in [-0.4, -0.2) is 17.4 Å². The molecule has 0 saturated carbocycles. The van der Waals surface area contributed by atoms with Gasteiger partial charge >= 0.3 is 0 Å². The number of carbonyl (C=O) groups is 1. The third-order valence-electron chi connectivity index (χ3n) is 2.93. The van der Waals surface area contributed by atoms with Gasteiger partial charge in [-0.2, -0.15) is 0 Å². The number of carbonyl (C=O) groups excluding carboxylic acids is 1. The van der Waals surface area contributed by atoms with Crippen molar-refractivity contribution in [3.05, 3.63) is 64.4 Å². The average Bonchev–Trinajstić information content (AvgIpc) is 2.45. The largest absolute Gasteiger partial charge is 0.351 e. The second-order valence-electron chi connectivity index (χ2n) is 4.39. The molecule has 2 rings (SSSR count). The van der Waals surface area contributed by atoms with E-state index in [1.54, 1.807) is 18.3 Å². The first-order valence-corrected chi connectivity index (χ1v) is 6.91. The van der Waals surface area contributed by atoms with Gasteiger partial charge in [0.1, 0.15) is 4.60 Å². The molecule has 0 aliphatic carbocycles. The van der Waals surface area contributed by atoms with Crippen LogP contribution in [0.1, 0.15) is 28.8 Å². The normalized spacial score (nSPS) is 11.9. The zero-order chi connectivity index (χ0) is 13.7. The molecular formula is C15H15BrN2O. The minimum atomic E-state index is -0.0779. The average molecular weight is 319 g/mol. The van der Waals surface area contributed by atoms with Gasteiger partial charge in [0.15, 0.2) is 0 Å². The van der Waals surface area contributed by atoms with Crippen LogP contribution in [0.25, 0.3) is 0 Å². The molecule has 0 spiro atoms. The maximum absolute atomic E-state index is 12.0. The zero-order valence-electron chi connectivity index (χ0n) is 10.6. The van der Waals surface area contributed by atoms with Crippen molar-refractivity contribution in [1.29, 1.82) is 0 Å². The van der Waals surface area contributed by atoms with Crippen molar-refractivity contribution in [2.45, 2.75) is 12.8 Å². The maximum Gasteiger partial charge on any atom is 0.251 e. The summed E-state index contributed by atoms with van der Waals surface area (Å²) >= 11 is 3.26. The van der Waals surface area contributed by atoms with Gasteiger partial charge in [-0.05, 0) is 39.5 Å². The van der Waals surface area contributed by atoms with Crippen molar-refractivity contribution in [2.24, 2.45) is 0 Å². The monoisotopic (exact) mass is 318 g/mol. The Hall–Kier alpha value is -1.68. The van der Waals surface area contributed by atoms with Crippen molar-refractivity contribution >= 4 is 21.8 Å². The van der Waals surface area contributed by atoms with E-state index in [1.807, 2.05) is 18.2 Å². The smallest absolute Gasteiger partial charge is 0.251 e. The second kappa shape index (κ2) is 6.48. The van der Waals surface area contributed by atoms with Crippen LogP contribution in [0.2, 0.25) is 0 Å². The zero-order valence-corrected chi connectivity index (χ0v) is 12.2. The van der Waals surface area contributed by atoms with Gasteiger partial charge in [-0.15, -0.1) is 0 Å². The lowest BCUT2D eigenvalue weighted by Crippen LogP contribution is -2.27. The molecule has 3 nitrogen and oxygen atoms in total. The molecule has 1 atom stereocenters. The summed E-state index contributed by atoms with van der Waals surface area (Å²) in [6, 6.07) is 13.6. The topological polar surface area (TPSA) is 42.0 Å². The maximum atomic E-state index is 12.0. The Bertz CT molecular complexity index is 557. The number of hydrogen-bond donors (Lipinski definition) is 1. The predicted molar refractivity (Wildman–Crippen MR) is 79.1 cm³/mol. The highest BCUT2D eigenvalue weighted by molar-refractivity contribution is 9.10. The van der Waals surface area contributed by atoms with Crippen molar-refractivity contribution in [3.8, 4) is 0 Å². The molecule has 0 aliphatic heterocycles. The second-order valence-corrected chi connectivity index (χ2v) is 5.20. The van der Waals surface area contributed by atoms with Gasteiger partial charge < -0.3 is 5.32 Å². The van der Waals surface area contributed by atoms with Crippen LogP contribution in [-0.2, 0) is 0 Å². The molecule has 0 radical (unpaired) electrons. The fourth-order valence-electron chi connectivity index (χ4n) is 1.79. The Morgan fingerprint density at radius 3 is 2.74 bits per heavy atom. The number of rotatable bonds is 4. The SMILES string of the molecule is CC(CNC(=O)c1ccnc(Br)c1)c1ccccc1. The van der Waals surface area contributed by atoms with E-state index in [9.17, 15) is 4.79 Å². The summed E-state index contributed by atoms with van der Waals surface area (Å²) in [6.45, 7) is 2.71. The number of nitrogens with zero attached hydrogens (tertiary/aromatic N) is 1. The highest BCUT2D eigenvalue weighted by Crippen LogP contribution is 2.13. The predicted octanol–water partition coefficient (Wildman–Crippen LogP) is 3.38. The standard InChI is InChI=1S/C15H15BrN2O/c1-11(12-5-3-2-4-6-12)10-18-15(19)13-7-8-17-14(16)9-13/h2-9,11H,10H2,1H3,(H,18,19). The van der Waals surface area contributed by atoms with Crippen LogP contribution in [0.3, 0.4) is 0 Å². The molecule has 1 amide bonds. The summed E-state index contributed by atoms with van der Waals surface area (Å²) in [7, 11) is 0. The number of benzene rings is 1. The van der Waals surface area contributed by atoms with E-state index in [2.05, 4.69) is 45.3 Å². The van der Waals surface area contributed by atoms with Crippen LogP contribution in [0.15, 0.2) is 53.3 Å². The summed E-state index contributed by atoms with van der Waals surface area (Å²) in [6.07, 6.45) is 1.61. The summed E-state index contributed by atoms with van der Waals surface area (Å²) < 4.78 is 0.663. The number of aromatic nitrogens is 1. The van der Waals surface area contributed by atoms with Gasteiger partial charge in [-0.25, -0.2) is 4.98 Å². The Morgan fingerprint density at radius 2 is 2.05 bits per heavy atom. The molecule has 1 aromatic heterocycles. The number of halogens is 1. The van der Waals surface area contributed by atoms with E-state index in [0.717, 1.165) is 0 Å². The lowest BCUT2D eigenvalue weighted by Gasteiger charge is -2.13. The van der Waals surface area contributed by atoms with Gasteiger partial charge in [0.25, 0.3) is 5.91 Å². The van der Waals surface area contributed by atoms with E-state index in [0.29, 0.717) is 16.7 Å². The van der Waals surface area contributed by atoms with Gasteiger partial charge in [-0.3, -0.25) is 4.79 Å². The molecule has 0 fully saturated rings. The summed E-state index contributed by atoms with van der Waals surface area (Å²) in [5.74, 6) is 0.210. The Balaban J connectivity index is 1.94. The fraction of sp³-hybridized carbons (Fsp3) is 0.200. The van der Waals surface area contributed by atoms with Crippen LogP contribution < -0.4 is 5.32 Å². The number of amides is 1. The first-order valence-electron chi connectivity index (χ1n) is 6.11. The molecule has 1 unspecified atom stereocenters. The minimum Gasteiger partial charge on any atom is -0.351 e. The van der Waals surface area contributed by atoms with Crippen LogP contribution in [0.4, 0.5) is 0 Å². The van der Waals surface area contributed by atoms with Gasteiger partial charge in [0.05, 0.1) is 0 Å². The first kappa shape index (κ1) is 13.7. The van der Waals surface area contributed by atoms with E-state index in [-0.39, 0.29) is 11.8 Å². The van der Waals surface area contributed by atoms with Gasteiger partial charge in [-0.1, -0.05) is 37.3 Å². The van der Waals surface area contributed by atoms with Crippen molar-refractivity contribution in [1.82, 2.24) is 10.3 Å². The molecule has 2 aromatic rings. The third-order valence-corrected chi connectivity index (χ3v) is 3.36. The molecule has 0 bridgehead atoms. The third kappa shape index (κ3) is 3.89. The van der Waals surface area contributed by atoms with E-state index < -0.39 is 0 Å². The fourth-order valence-corrected chi connectivity index (χ4v) is 2.16. The van der Waals surface area contributed by atoms with Crippen LogP contribution in [0, 0.1) is 0 Å². The van der Waals surface area contributed by atoms with Crippen LogP contribution >= 0.6 is 15.9 Å². The molecule has 0 saturated heterocycles. The number of pyridine rings is 1. The van der Waals surface area contributed by atoms with Crippen LogP contribution in [0.5, 0.6) is 0 Å². The Morgan fingerprint density at radius 1 is 1.32 bits per heavy atom. The summed E-state index contributed by atoms with van der Waals surface area (Å²) in [5.41, 5.74) is 1.83. The minimum absolute atomic E-state index is 0.0779. The van der Waals surface area contributed by atoms with Gasteiger partial charge in [0.2, 0.25) is 0 Å². The highest BCUT2D eigenvalue weighted by atomic mass is 79.9. The lowest BCUT2D eigenvalue weighted by atomic mass is 10.0. The summed E-state index contributed by atoms with van der Waals surface area (Å²) in [5, 5.41) is 2.94. The first-order chi connectivity index (χ1) is 9.16. The summed E-state index contributed by atoms with van der Waals surface area (Å²) in [4.78, 5) is 16.0. The highest BCUT2D eigenvalue weighted by Gasteiger charge is 2.09. The molecule has 0 aliphatic rings. The van der Waals surface area contributed by atoms with Gasteiger partial charge in [0, 0.05) is 18.3 Å². The lowest BCUT2D eigenvalue weighted by molar-refractivity contribution is 0.0951. The molecular weight excluding hydrogens is 304 g/mol. The quantitative estimate of drug-likeness (QED) is 0.878. The van der Waals surface area contributed by atoms with Crippen molar-refractivity contribution < 1.29 is 4.79 Å². The van der Waals surface area contributed by atoms with Crippen molar-refractivity contribution in [3.63, 3.8) is 0 Å². The van der Waals surface area contributed by atoms with E-state index in [1.165, 1.54) is 5.56 Å². The van der Waals surface area contributed by atoms with E-state index >= 15 is 0 Å². The Kier molecular flexibility index (Phi) is 4.68. The molecule has 1 N–H and O–H groups in total. The molecule has 98 valence electrons. The number of nitrogens with one attached hydrogen (secondary N) is 1. The molecule has 4 heteroatoms. The van der Waals surface area contributed by atoms with E-state index in [4.69, 9.17) is 0 Å². The number of hydrogen-bond acceptors (Lipinski definition) is 2. The molecule has 1 heterocycles. The molecule has 1 aromatic carbocycles. The van der Waals surface area contributed by atoms with Crippen molar-refractivity contribution in [2.75, 3.05) is 6.54 Å². The molecule has 19 heavy (non-hydrogen) atoms.